The van der Waals surface area contributed by atoms with Crippen molar-refractivity contribution in [2.45, 2.75) is 12.4 Å². The maximum Gasteiger partial charge on any atom is 0.185 e. The third kappa shape index (κ3) is 2.64. The summed E-state index contributed by atoms with van der Waals surface area (Å²) in [4.78, 5) is 4.46. The lowest BCUT2D eigenvalue weighted by molar-refractivity contribution is 0.636. The van der Waals surface area contributed by atoms with Crippen molar-refractivity contribution in [2.75, 3.05) is 5.32 Å². The number of thioether (sulfide) groups is 1. The fourth-order valence-electron chi connectivity index (χ4n) is 1.65. The molecule has 2 aliphatic rings. The minimum atomic E-state index is -0.342. The molecule has 1 atom stereocenters. The second-order valence-electron chi connectivity index (χ2n) is 3.78. The smallest absolute Gasteiger partial charge is 0.185 e. The molecule has 0 radical (unpaired) electrons. The first-order chi connectivity index (χ1) is 8.72. The van der Waals surface area contributed by atoms with Gasteiger partial charge in [0.1, 0.15) is 0 Å². The summed E-state index contributed by atoms with van der Waals surface area (Å²) >= 11 is 6.66. The molecule has 0 saturated heterocycles. The van der Waals surface area contributed by atoms with Crippen molar-refractivity contribution < 1.29 is 0 Å². The number of thiazole rings is 1. The Bertz CT molecular complexity index is 525. The average molecular weight is 362 g/mol. The Labute approximate surface area is 126 Å². The van der Waals surface area contributed by atoms with Crippen molar-refractivity contribution in [2.24, 2.45) is 0 Å². The molecular formula is C11H12BrN3S3. The second-order valence-corrected chi connectivity index (χ2v) is 8.96. The van der Waals surface area contributed by atoms with Crippen molar-refractivity contribution in [3.05, 3.63) is 44.1 Å². The molecule has 96 valence electrons. The Morgan fingerprint density at radius 3 is 2.89 bits per heavy atom. The van der Waals surface area contributed by atoms with Crippen LogP contribution in [-0.4, -0.2) is 14.8 Å². The fraction of sp³-hybridized carbons (Fsp3) is 0.182. The van der Waals surface area contributed by atoms with Crippen molar-refractivity contribution in [3.8, 4) is 0 Å². The van der Waals surface area contributed by atoms with Crippen LogP contribution in [0.25, 0.3) is 0 Å². The van der Waals surface area contributed by atoms with E-state index >= 15 is 0 Å². The van der Waals surface area contributed by atoms with E-state index in [4.69, 9.17) is 0 Å². The number of rotatable bonds is 3. The largest absolute Gasteiger partial charge is 0.332 e. The first kappa shape index (κ1) is 12.7. The highest BCUT2D eigenvalue weighted by Crippen LogP contribution is 2.49. The molecule has 0 spiro atoms. The second kappa shape index (κ2) is 5.32. The third-order valence-electron chi connectivity index (χ3n) is 2.42. The van der Waals surface area contributed by atoms with Crippen LogP contribution in [0.2, 0.25) is 0 Å². The predicted octanol–water partition coefficient (Wildman–Crippen LogP) is 4.35. The quantitative estimate of drug-likeness (QED) is 0.783. The first-order valence-electron chi connectivity index (χ1n) is 5.36. The molecule has 3 rings (SSSR count). The van der Waals surface area contributed by atoms with Gasteiger partial charge >= 0.3 is 0 Å². The molecule has 1 unspecified atom stereocenters. The molecule has 1 aromatic rings. The molecule has 1 N–H and O–H groups in total. The van der Waals surface area contributed by atoms with E-state index in [1.807, 2.05) is 6.92 Å². The third-order valence-corrected chi connectivity index (χ3v) is 6.97. The van der Waals surface area contributed by atoms with Crippen LogP contribution in [0.3, 0.4) is 0 Å². The van der Waals surface area contributed by atoms with E-state index in [0.29, 0.717) is 0 Å². The lowest BCUT2D eigenvalue weighted by Gasteiger charge is -2.30. The van der Waals surface area contributed by atoms with Crippen molar-refractivity contribution in [3.63, 3.8) is 0 Å². The molecule has 3 nitrogen and oxygen atoms in total. The van der Waals surface area contributed by atoms with E-state index in [0.717, 1.165) is 14.6 Å². The normalized spacial score (nSPS) is 23.9. The average Bonchev–Trinajstić information content (AvgIpc) is 3.01. The van der Waals surface area contributed by atoms with Gasteiger partial charge in [0, 0.05) is 11.6 Å². The van der Waals surface area contributed by atoms with Gasteiger partial charge in [0.15, 0.2) is 10.6 Å². The molecule has 18 heavy (non-hydrogen) atoms. The Kier molecular flexibility index (Phi) is 3.74. The zero-order valence-corrected chi connectivity index (χ0v) is 13.7. The van der Waals surface area contributed by atoms with Gasteiger partial charge in [-0.25, -0.2) is 4.98 Å². The SMILES string of the molecule is Cc1csc(NC2SC(Br)=CN2[SH]2C=CC=C2)n1. The van der Waals surface area contributed by atoms with E-state index in [9.17, 15) is 0 Å². The van der Waals surface area contributed by atoms with Crippen LogP contribution >= 0.6 is 50.1 Å². The van der Waals surface area contributed by atoms with Crippen LogP contribution < -0.4 is 5.32 Å². The van der Waals surface area contributed by atoms with Crippen LogP contribution in [-0.2, 0) is 0 Å². The fourth-order valence-corrected chi connectivity index (χ4v) is 6.13. The highest BCUT2D eigenvalue weighted by molar-refractivity contribution is 9.14. The van der Waals surface area contributed by atoms with Gasteiger partial charge in [-0.05, 0) is 33.7 Å². The maximum atomic E-state index is 4.46. The van der Waals surface area contributed by atoms with E-state index in [2.05, 4.69) is 65.1 Å². The van der Waals surface area contributed by atoms with Gasteiger partial charge < -0.3 is 9.62 Å². The monoisotopic (exact) mass is 361 g/mol. The molecule has 0 aliphatic carbocycles. The van der Waals surface area contributed by atoms with Crippen LogP contribution in [0, 0.1) is 6.92 Å². The number of aromatic nitrogens is 1. The predicted molar refractivity (Wildman–Crippen MR) is 88.0 cm³/mol. The minimum absolute atomic E-state index is 0.212. The van der Waals surface area contributed by atoms with E-state index in [1.165, 1.54) is 0 Å². The van der Waals surface area contributed by atoms with Gasteiger partial charge in [-0.2, -0.15) is 0 Å². The summed E-state index contributed by atoms with van der Waals surface area (Å²) in [6.07, 6.45) is 6.39. The van der Waals surface area contributed by atoms with E-state index < -0.39 is 0 Å². The molecule has 0 fully saturated rings. The summed E-state index contributed by atoms with van der Waals surface area (Å²) in [6, 6.07) is 0. The summed E-state index contributed by atoms with van der Waals surface area (Å²) in [6.45, 7) is 2.02. The topological polar surface area (TPSA) is 28.2 Å². The molecular weight excluding hydrogens is 350 g/mol. The van der Waals surface area contributed by atoms with Crippen LogP contribution in [0.1, 0.15) is 5.69 Å². The summed E-state index contributed by atoms with van der Waals surface area (Å²) in [7, 11) is 0. The summed E-state index contributed by atoms with van der Waals surface area (Å²) in [5.41, 5.74) is 1.28. The summed E-state index contributed by atoms with van der Waals surface area (Å²) in [5.74, 6) is 0. The number of halogens is 1. The molecule has 2 aliphatic heterocycles. The molecule has 0 bridgehead atoms. The molecule has 7 heteroatoms. The summed E-state index contributed by atoms with van der Waals surface area (Å²) < 4.78 is 3.50. The number of nitrogens with one attached hydrogen (secondary N) is 1. The van der Waals surface area contributed by atoms with Crippen LogP contribution in [0.4, 0.5) is 5.13 Å². The zero-order valence-electron chi connectivity index (χ0n) is 9.58. The maximum absolute atomic E-state index is 4.46. The Hall–Kier alpha value is -0.370. The van der Waals surface area contributed by atoms with Crippen molar-refractivity contribution in [1.29, 1.82) is 0 Å². The summed E-state index contributed by atoms with van der Waals surface area (Å²) in [5, 5.41) is 11.0. The van der Waals surface area contributed by atoms with Gasteiger partial charge in [0.05, 0.1) is 9.51 Å². The van der Waals surface area contributed by atoms with Crippen molar-refractivity contribution >= 4 is 55.2 Å². The Morgan fingerprint density at radius 1 is 1.44 bits per heavy atom. The number of hydrogen-bond donors (Lipinski definition) is 2. The van der Waals surface area contributed by atoms with E-state index in [-0.39, 0.29) is 16.6 Å². The lowest BCUT2D eigenvalue weighted by atomic mass is 10.6. The van der Waals surface area contributed by atoms with Crippen LogP contribution in [0.5, 0.6) is 0 Å². The number of thiol groups is 1. The highest BCUT2D eigenvalue weighted by atomic mass is 79.9. The minimum Gasteiger partial charge on any atom is -0.332 e. The molecule has 0 saturated carbocycles. The van der Waals surface area contributed by atoms with Gasteiger partial charge in [0.25, 0.3) is 0 Å². The Morgan fingerprint density at radius 2 is 2.22 bits per heavy atom. The van der Waals surface area contributed by atoms with Crippen LogP contribution in [0.15, 0.2) is 38.4 Å². The lowest BCUT2D eigenvalue weighted by Crippen LogP contribution is -2.28. The number of allylic oxidation sites excluding steroid dienone is 2. The molecule has 0 aromatic carbocycles. The number of anilines is 1. The van der Waals surface area contributed by atoms with Crippen molar-refractivity contribution in [1.82, 2.24) is 9.29 Å². The molecule has 1 aromatic heterocycles. The van der Waals surface area contributed by atoms with Gasteiger partial charge in [-0.1, -0.05) is 23.9 Å². The number of aryl methyl sites for hydroxylation is 1. The number of nitrogens with zero attached hydrogens (tertiary/aromatic N) is 2. The standard InChI is InChI=1S/C11H12BrN3S3/c1-8-7-16-10(13-8)14-11-15(6-9(12)17-11)18-4-2-3-5-18/h2-7,11,18H,1H3,(H,13,14). The van der Waals surface area contributed by atoms with Gasteiger partial charge in [-0.3, -0.25) is 0 Å². The number of hydrogen-bond acceptors (Lipinski definition) is 5. The molecule has 3 heterocycles. The van der Waals surface area contributed by atoms with Gasteiger partial charge in [-0.15, -0.1) is 22.4 Å². The highest BCUT2D eigenvalue weighted by Gasteiger charge is 2.27. The first-order valence-corrected chi connectivity index (χ1v) is 9.35. The van der Waals surface area contributed by atoms with E-state index in [1.54, 1.807) is 23.1 Å². The Balaban J connectivity index is 1.75. The molecule has 0 amide bonds. The zero-order chi connectivity index (χ0) is 12.5. The van der Waals surface area contributed by atoms with Gasteiger partial charge in [0.2, 0.25) is 0 Å².